The summed E-state index contributed by atoms with van der Waals surface area (Å²) >= 11 is 0. The molecule has 5 nitrogen and oxygen atoms in total. The Morgan fingerprint density at radius 1 is 0.900 bits per heavy atom. The van der Waals surface area contributed by atoms with Crippen LogP contribution in [0.5, 0.6) is 11.5 Å². The van der Waals surface area contributed by atoms with Gasteiger partial charge in [0.2, 0.25) is 5.52 Å². The van der Waals surface area contributed by atoms with Crippen LogP contribution in [0.25, 0.3) is 32.4 Å². The molecule has 1 aromatic heterocycles. The van der Waals surface area contributed by atoms with Gasteiger partial charge in [-0.3, -0.25) is 0 Å². The molecule has 0 unspecified atom stereocenters. The fourth-order valence-corrected chi connectivity index (χ4v) is 4.86. The summed E-state index contributed by atoms with van der Waals surface area (Å²) in [5, 5.41) is 25.1. The van der Waals surface area contributed by atoms with Crippen molar-refractivity contribution in [1.29, 1.82) is 0 Å². The largest absolute Gasteiger partial charge is 0.493 e. The van der Waals surface area contributed by atoms with E-state index in [1.807, 2.05) is 19.2 Å². The van der Waals surface area contributed by atoms with Gasteiger partial charge in [-0.1, -0.05) is 18.2 Å². The van der Waals surface area contributed by atoms with Crippen molar-refractivity contribution in [2.75, 3.05) is 14.2 Å². The fraction of sp³-hybridized carbons (Fsp3) is 0.320. The second-order valence-corrected chi connectivity index (χ2v) is 8.08. The van der Waals surface area contributed by atoms with E-state index in [9.17, 15) is 10.2 Å². The topological polar surface area (TPSA) is 62.8 Å². The van der Waals surface area contributed by atoms with Crippen LogP contribution in [-0.2, 0) is 20.3 Å². The molecule has 0 saturated heterocycles. The number of hydrogen-bond donors (Lipinski definition) is 2. The van der Waals surface area contributed by atoms with Crippen molar-refractivity contribution in [3.63, 3.8) is 0 Å². The van der Waals surface area contributed by atoms with E-state index < -0.39 is 0 Å². The van der Waals surface area contributed by atoms with Gasteiger partial charge in [-0.2, -0.15) is 4.57 Å². The van der Waals surface area contributed by atoms with E-state index in [4.69, 9.17) is 9.47 Å². The lowest BCUT2D eigenvalue weighted by Gasteiger charge is -2.17. The van der Waals surface area contributed by atoms with Gasteiger partial charge in [-0.05, 0) is 47.4 Å². The number of methoxy groups -OCH3 is 2. The molecule has 0 atom stereocenters. The number of benzene rings is 3. The molecule has 0 aliphatic heterocycles. The number of aliphatic hydroxyl groups is 2. The molecule has 0 amide bonds. The smallest absolute Gasteiger partial charge is 0.220 e. The Hall–Kier alpha value is -2.89. The lowest BCUT2D eigenvalue weighted by atomic mass is 9.93. The number of aromatic nitrogens is 1. The van der Waals surface area contributed by atoms with Crippen molar-refractivity contribution in [2.24, 2.45) is 7.05 Å². The summed E-state index contributed by atoms with van der Waals surface area (Å²) in [6.07, 6.45) is 4.39. The van der Waals surface area contributed by atoms with Crippen LogP contribution < -0.4 is 14.0 Å². The number of pyridine rings is 1. The van der Waals surface area contributed by atoms with Crippen LogP contribution in [0.1, 0.15) is 35.4 Å². The van der Waals surface area contributed by atoms with Gasteiger partial charge in [0.05, 0.1) is 43.6 Å². The second-order valence-electron chi connectivity index (χ2n) is 8.08. The minimum absolute atomic E-state index is 0.0902. The summed E-state index contributed by atoms with van der Waals surface area (Å²) < 4.78 is 13.6. The molecule has 2 N–H and O–H groups in total. The number of hydrogen-bond acceptors (Lipinski definition) is 4. The van der Waals surface area contributed by atoms with Gasteiger partial charge in [0.15, 0.2) is 17.7 Å². The highest BCUT2D eigenvalue weighted by molar-refractivity contribution is 6.15. The SMILES string of the molecule is COc1cc2c(ccc3c4ccc(CO)c(CO)c4c[n+](C)c23)c(C2CC2)c1OC. The van der Waals surface area contributed by atoms with Crippen molar-refractivity contribution in [1.82, 2.24) is 0 Å². The average molecular weight is 404 g/mol. The summed E-state index contributed by atoms with van der Waals surface area (Å²) in [5.74, 6) is 2.10. The van der Waals surface area contributed by atoms with Crippen LogP contribution in [0, 0.1) is 0 Å². The first-order valence-electron chi connectivity index (χ1n) is 10.3. The first-order chi connectivity index (χ1) is 14.6. The molecule has 4 aromatic rings. The van der Waals surface area contributed by atoms with Crippen LogP contribution in [-0.4, -0.2) is 24.4 Å². The van der Waals surface area contributed by atoms with Gasteiger partial charge in [-0.25, -0.2) is 0 Å². The van der Waals surface area contributed by atoms with E-state index in [0.717, 1.165) is 49.7 Å². The van der Waals surface area contributed by atoms with Crippen molar-refractivity contribution in [3.05, 3.63) is 53.2 Å². The Kier molecular flexibility index (Phi) is 4.53. The molecule has 0 radical (unpaired) electrons. The zero-order valence-electron chi connectivity index (χ0n) is 17.5. The zero-order valence-corrected chi connectivity index (χ0v) is 17.5. The molecule has 1 heterocycles. The van der Waals surface area contributed by atoms with Crippen LogP contribution in [0.15, 0.2) is 36.5 Å². The summed E-state index contributed by atoms with van der Waals surface area (Å²) in [4.78, 5) is 0. The van der Waals surface area contributed by atoms with Crippen LogP contribution in [0.3, 0.4) is 0 Å². The van der Waals surface area contributed by atoms with Gasteiger partial charge in [0, 0.05) is 10.9 Å². The van der Waals surface area contributed by atoms with E-state index in [1.165, 1.54) is 23.8 Å². The van der Waals surface area contributed by atoms with E-state index in [2.05, 4.69) is 29.0 Å². The number of aryl methyl sites for hydroxylation is 1. The van der Waals surface area contributed by atoms with E-state index in [1.54, 1.807) is 14.2 Å². The normalized spacial score (nSPS) is 14.0. The summed E-state index contributed by atoms with van der Waals surface area (Å²) in [5.41, 5.74) is 3.88. The molecule has 30 heavy (non-hydrogen) atoms. The lowest BCUT2D eigenvalue weighted by molar-refractivity contribution is -0.642. The number of fused-ring (bicyclic) bond motifs is 5. The van der Waals surface area contributed by atoms with E-state index >= 15 is 0 Å². The Morgan fingerprint density at radius 2 is 1.63 bits per heavy atom. The number of ether oxygens (including phenoxy) is 2. The Balaban J connectivity index is 1.95. The van der Waals surface area contributed by atoms with Gasteiger partial charge in [-0.15, -0.1) is 0 Å². The third kappa shape index (κ3) is 2.66. The van der Waals surface area contributed by atoms with Crippen molar-refractivity contribution in [3.8, 4) is 11.5 Å². The molecule has 1 fully saturated rings. The Labute approximate surface area is 175 Å². The predicted molar refractivity (Wildman–Crippen MR) is 117 cm³/mol. The molecule has 5 heteroatoms. The maximum absolute atomic E-state index is 9.96. The third-order valence-corrected chi connectivity index (χ3v) is 6.41. The highest BCUT2D eigenvalue weighted by atomic mass is 16.5. The van der Waals surface area contributed by atoms with Gasteiger partial charge < -0.3 is 19.7 Å². The molecule has 3 aromatic carbocycles. The Bertz CT molecular complexity index is 1310. The van der Waals surface area contributed by atoms with Crippen LogP contribution in [0.2, 0.25) is 0 Å². The third-order valence-electron chi connectivity index (χ3n) is 6.41. The van der Waals surface area contributed by atoms with Crippen LogP contribution >= 0.6 is 0 Å². The Morgan fingerprint density at radius 3 is 2.27 bits per heavy atom. The molecule has 1 saturated carbocycles. The first-order valence-corrected chi connectivity index (χ1v) is 10.3. The van der Waals surface area contributed by atoms with Gasteiger partial charge in [0.1, 0.15) is 7.05 Å². The maximum Gasteiger partial charge on any atom is 0.220 e. The summed E-state index contributed by atoms with van der Waals surface area (Å²) in [6.45, 7) is -0.198. The van der Waals surface area contributed by atoms with Crippen molar-refractivity contribution < 1.29 is 24.3 Å². The predicted octanol–water partition coefficient (Wildman–Crippen LogP) is 3.85. The number of rotatable bonds is 5. The van der Waals surface area contributed by atoms with E-state index in [-0.39, 0.29) is 13.2 Å². The minimum atomic E-state index is -0.108. The number of nitrogens with zero attached hydrogens (tertiary/aromatic N) is 1. The van der Waals surface area contributed by atoms with Gasteiger partial charge in [0.25, 0.3) is 0 Å². The quantitative estimate of drug-likeness (QED) is 0.392. The molecule has 0 bridgehead atoms. The van der Waals surface area contributed by atoms with Gasteiger partial charge >= 0.3 is 0 Å². The molecular weight excluding hydrogens is 378 g/mol. The molecular formula is C25H26NO4+. The van der Waals surface area contributed by atoms with Crippen molar-refractivity contribution in [2.45, 2.75) is 32.0 Å². The minimum Gasteiger partial charge on any atom is -0.493 e. The van der Waals surface area contributed by atoms with Crippen LogP contribution in [0.4, 0.5) is 0 Å². The molecule has 5 rings (SSSR count). The lowest BCUT2D eigenvalue weighted by Crippen LogP contribution is -2.29. The van der Waals surface area contributed by atoms with Crippen molar-refractivity contribution >= 4 is 32.4 Å². The first kappa shape index (κ1) is 19.1. The maximum atomic E-state index is 9.96. The molecule has 154 valence electrons. The highest BCUT2D eigenvalue weighted by Gasteiger charge is 2.32. The molecule has 1 aliphatic rings. The summed E-state index contributed by atoms with van der Waals surface area (Å²) in [7, 11) is 5.42. The number of aliphatic hydroxyl groups excluding tert-OH is 2. The summed E-state index contributed by atoms with van der Waals surface area (Å²) in [6, 6.07) is 10.4. The monoisotopic (exact) mass is 404 g/mol. The standard InChI is InChI=1S/C25H26NO4/c1-26-11-20-16(7-6-15(12-27)21(20)13-28)18-9-8-17-19(24(18)26)10-22(29-2)25(30-3)23(17)14-4-5-14/h6-11,14,27-28H,4-5,12-13H2,1-3H3/q+1. The molecule has 1 aliphatic carbocycles. The van der Waals surface area contributed by atoms with E-state index in [0.29, 0.717) is 5.92 Å². The molecule has 0 spiro atoms. The second kappa shape index (κ2) is 7.11. The highest BCUT2D eigenvalue weighted by Crippen LogP contribution is 2.51. The zero-order chi connectivity index (χ0) is 21.0. The average Bonchev–Trinajstić information content (AvgIpc) is 3.61. The fourth-order valence-electron chi connectivity index (χ4n) is 4.86.